The van der Waals surface area contributed by atoms with Crippen molar-refractivity contribution in [1.29, 1.82) is 0 Å². The highest BCUT2D eigenvalue weighted by atomic mass is 16.5. The molecule has 0 radical (unpaired) electrons. The lowest BCUT2D eigenvalue weighted by Gasteiger charge is -1.97. The topological polar surface area (TPSA) is 68.8 Å². The highest BCUT2D eigenvalue weighted by Crippen LogP contribution is 2.31. The van der Waals surface area contributed by atoms with Gasteiger partial charge in [-0.1, -0.05) is 23.4 Å². The van der Waals surface area contributed by atoms with Gasteiger partial charge in [-0.05, 0) is 24.8 Å². The number of fused-ring (bicyclic) bond motifs is 1. The summed E-state index contributed by atoms with van der Waals surface area (Å²) in [5.74, 6) is 1.56. The molecule has 2 heterocycles. The van der Waals surface area contributed by atoms with Gasteiger partial charge >= 0.3 is 6.01 Å². The largest absolute Gasteiger partial charge is 0.332 e. The van der Waals surface area contributed by atoms with Crippen molar-refractivity contribution in [3.8, 4) is 0 Å². The first-order chi connectivity index (χ1) is 10.3. The summed E-state index contributed by atoms with van der Waals surface area (Å²) in [5, 5.41) is 12.8. The number of anilines is 1. The lowest BCUT2D eigenvalue weighted by molar-refractivity contribution is 0.420. The maximum absolute atomic E-state index is 5.23. The minimum Gasteiger partial charge on any atom is -0.332 e. The molecule has 6 heteroatoms. The third kappa shape index (κ3) is 2.49. The molecule has 1 aliphatic carbocycles. The van der Waals surface area contributed by atoms with Crippen LogP contribution in [0.5, 0.6) is 0 Å². The summed E-state index contributed by atoms with van der Waals surface area (Å²) in [5.41, 5.74) is 2.10. The highest BCUT2D eigenvalue weighted by Gasteiger charge is 2.24. The predicted molar refractivity (Wildman–Crippen MR) is 78.8 cm³/mol. The van der Waals surface area contributed by atoms with E-state index in [4.69, 9.17) is 4.52 Å². The fourth-order valence-electron chi connectivity index (χ4n) is 2.57. The van der Waals surface area contributed by atoms with Crippen LogP contribution >= 0.6 is 0 Å². The van der Waals surface area contributed by atoms with E-state index < -0.39 is 0 Å². The normalized spacial score (nSPS) is 14.7. The quantitative estimate of drug-likeness (QED) is 0.779. The van der Waals surface area contributed by atoms with Crippen LogP contribution in [-0.2, 0) is 20.0 Å². The minimum atomic E-state index is 0.473. The Kier molecular flexibility index (Phi) is 2.87. The summed E-state index contributed by atoms with van der Waals surface area (Å²) < 4.78 is 7.11. The van der Waals surface area contributed by atoms with Gasteiger partial charge in [-0.2, -0.15) is 10.1 Å². The molecule has 2 aromatic heterocycles. The summed E-state index contributed by atoms with van der Waals surface area (Å²) >= 11 is 0. The number of para-hydroxylation sites is 1. The number of aromatic nitrogens is 4. The minimum absolute atomic E-state index is 0.473. The molecular formula is C15H17N5O. The van der Waals surface area contributed by atoms with Crippen LogP contribution in [0.2, 0.25) is 0 Å². The number of benzene rings is 1. The summed E-state index contributed by atoms with van der Waals surface area (Å²) in [6.07, 6.45) is 3.51. The van der Waals surface area contributed by atoms with E-state index in [1.165, 1.54) is 12.8 Å². The van der Waals surface area contributed by atoms with Crippen molar-refractivity contribution in [2.45, 2.75) is 25.8 Å². The van der Waals surface area contributed by atoms with Crippen molar-refractivity contribution < 1.29 is 4.52 Å². The number of nitrogens with one attached hydrogen (secondary N) is 1. The molecule has 0 aliphatic heterocycles. The molecule has 0 bridgehead atoms. The van der Waals surface area contributed by atoms with E-state index >= 15 is 0 Å². The lowest BCUT2D eigenvalue weighted by atomic mass is 10.2. The number of aryl methyl sites for hydroxylation is 1. The summed E-state index contributed by atoms with van der Waals surface area (Å²) in [6.45, 7) is 0.576. The molecule has 1 N–H and O–H groups in total. The zero-order chi connectivity index (χ0) is 14.2. The average molecular weight is 283 g/mol. The zero-order valence-electron chi connectivity index (χ0n) is 11.9. The Morgan fingerprint density at radius 3 is 3.05 bits per heavy atom. The number of nitrogens with zero attached hydrogens (tertiary/aromatic N) is 4. The monoisotopic (exact) mass is 283 g/mol. The molecule has 0 atom stereocenters. The van der Waals surface area contributed by atoms with Crippen LogP contribution in [0.25, 0.3) is 10.9 Å². The molecule has 0 saturated heterocycles. The third-order valence-electron chi connectivity index (χ3n) is 3.88. The van der Waals surface area contributed by atoms with Gasteiger partial charge in [-0.25, -0.2) is 0 Å². The summed E-state index contributed by atoms with van der Waals surface area (Å²) in [6, 6.07) is 8.65. The van der Waals surface area contributed by atoms with Gasteiger partial charge in [0.25, 0.3) is 0 Å². The number of rotatable bonds is 5. The first-order valence-electron chi connectivity index (χ1n) is 7.26. The standard InChI is InChI=1S/C15H17N5O/c1-20-13-5-3-2-4-11(13)12(18-20)9-16-15-17-14(19-21-15)8-10-6-7-10/h2-5,10H,6-9H2,1H3,(H,16,17,19). The van der Waals surface area contributed by atoms with Crippen LogP contribution in [-0.4, -0.2) is 19.9 Å². The maximum atomic E-state index is 5.23. The average Bonchev–Trinajstić information content (AvgIpc) is 3.10. The Hall–Kier alpha value is -2.37. The van der Waals surface area contributed by atoms with Gasteiger partial charge in [-0.15, -0.1) is 0 Å². The highest BCUT2D eigenvalue weighted by molar-refractivity contribution is 5.82. The molecule has 4 rings (SSSR count). The predicted octanol–water partition coefficient (Wildman–Crippen LogP) is 2.52. The second-order valence-corrected chi connectivity index (χ2v) is 5.60. The van der Waals surface area contributed by atoms with Crippen LogP contribution in [0.3, 0.4) is 0 Å². The smallest absolute Gasteiger partial charge is 0.321 e. The van der Waals surface area contributed by atoms with E-state index in [1.807, 2.05) is 23.9 Å². The fourth-order valence-corrected chi connectivity index (χ4v) is 2.57. The lowest BCUT2D eigenvalue weighted by Crippen LogP contribution is -2.02. The Bertz CT molecular complexity index is 771. The Morgan fingerprint density at radius 1 is 1.33 bits per heavy atom. The molecule has 0 unspecified atom stereocenters. The van der Waals surface area contributed by atoms with Gasteiger partial charge in [0.05, 0.1) is 17.8 Å². The Labute approximate surface area is 122 Å². The molecule has 1 aliphatic rings. The van der Waals surface area contributed by atoms with E-state index in [0.29, 0.717) is 12.6 Å². The first-order valence-corrected chi connectivity index (χ1v) is 7.26. The molecule has 0 amide bonds. The van der Waals surface area contributed by atoms with Crippen molar-refractivity contribution in [1.82, 2.24) is 19.9 Å². The maximum Gasteiger partial charge on any atom is 0.321 e. The summed E-state index contributed by atoms with van der Waals surface area (Å²) in [4.78, 5) is 4.37. The van der Waals surface area contributed by atoms with Crippen molar-refractivity contribution in [2.24, 2.45) is 13.0 Å². The van der Waals surface area contributed by atoms with E-state index in [2.05, 4.69) is 32.7 Å². The molecule has 0 spiro atoms. The molecule has 3 aromatic rings. The summed E-state index contributed by atoms with van der Waals surface area (Å²) in [7, 11) is 1.95. The molecule has 1 aromatic carbocycles. The molecule has 21 heavy (non-hydrogen) atoms. The van der Waals surface area contributed by atoms with Crippen LogP contribution in [0.4, 0.5) is 6.01 Å². The Morgan fingerprint density at radius 2 is 2.19 bits per heavy atom. The van der Waals surface area contributed by atoms with Gasteiger partial charge in [0, 0.05) is 18.9 Å². The van der Waals surface area contributed by atoms with Gasteiger partial charge in [0.1, 0.15) is 0 Å². The third-order valence-corrected chi connectivity index (χ3v) is 3.88. The number of hydrogen-bond acceptors (Lipinski definition) is 5. The molecule has 108 valence electrons. The van der Waals surface area contributed by atoms with Gasteiger partial charge in [0.15, 0.2) is 5.82 Å². The van der Waals surface area contributed by atoms with E-state index in [1.54, 1.807) is 0 Å². The Balaban J connectivity index is 1.48. The fraction of sp³-hybridized carbons (Fsp3) is 0.400. The van der Waals surface area contributed by atoms with Crippen LogP contribution in [0.15, 0.2) is 28.8 Å². The van der Waals surface area contributed by atoms with E-state index in [-0.39, 0.29) is 0 Å². The van der Waals surface area contributed by atoms with Crippen molar-refractivity contribution in [3.05, 3.63) is 35.8 Å². The molecule has 1 fully saturated rings. The van der Waals surface area contributed by atoms with Crippen LogP contribution < -0.4 is 5.32 Å². The molecule has 6 nitrogen and oxygen atoms in total. The number of hydrogen-bond donors (Lipinski definition) is 1. The molecular weight excluding hydrogens is 266 g/mol. The SMILES string of the molecule is Cn1nc(CNc2nc(CC3CC3)no2)c2ccccc21. The van der Waals surface area contributed by atoms with Crippen LogP contribution in [0.1, 0.15) is 24.4 Å². The zero-order valence-corrected chi connectivity index (χ0v) is 11.9. The van der Waals surface area contributed by atoms with Gasteiger partial charge < -0.3 is 9.84 Å². The van der Waals surface area contributed by atoms with Crippen molar-refractivity contribution in [2.75, 3.05) is 5.32 Å². The first kappa shape index (κ1) is 12.4. The molecule has 1 saturated carbocycles. The second kappa shape index (κ2) is 4.87. The van der Waals surface area contributed by atoms with E-state index in [0.717, 1.165) is 34.8 Å². The van der Waals surface area contributed by atoms with Gasteiger partial charge in [0.2, 0.25) is 0 Å². The van der Waals surface area contributed by atoms with Crippen molar-refractivity contribution >= 4 is 16.9 Å². The van der Waals surface area contributed by atoms with Crippen molar-refractivity contribution in [3.63, 3.8) is 0 Å². The second-order valence-electron chi connectivity index (χ2n) is 5.60. The van der Waals surface area contributed by atoms with E-state index in [9.17, 15) is 0 Å². The van der Waals surface area contributed by atoms with Gasteiger partial charge in [-0.3, -0.25) is 4.68 Å². The van der Waals surface area contributed by atoms with Crippen LogP contribution in [0, 0.1) is 5.92 Å².